The Labute approximate surface area is 101 Å². The predicted octanol–water partition coefficient (Wildman–Crippen LogP) is 1.53. The fourth-order valence-corrected chi connectivity index (χ4v) is 2.08. The molecular formula is C13H18N2O2. The second-order valence-corrected chi connectivity index (χ2v) is 4.29. The fourth-order valence-electron chi connectivity index (χ4n) is 2.08. The van der Waals surface area contributed by atoms with Gasteiger partial charge in [0.2, 0.25) is 0 Å². The number of aliphatic hydroxyl groups excluding tert-OH is 1. The number of carbonyl (C=O) groups is 1. The molecule has 1 saturated heterocycles. The van der Waals surface area contributed by atoms with E-state index in [1.165, 1.54) is 0 Å². The minimum atomic E-state index is -0.315. The summed E-state index contributed by atoms with van der Waals surface area (Å²) in [6, 6.07) is 9.14. The quantitative estimate of drug-likeness (QED) is 0.833. The number of urea groups is 1. The van der Waals surface area contributed by atoms with Gasteiger partial charge in [0, 0.05) is 13.1 Å². The fraction of sp³-hybridized carbons (Fsp3) is 0.462. The molecule has 2 rings (SSSR count). The third kappa shape index (κ3) is 2.97. The zero-order chi connectivity index (χ0) is 12.1. The molecule has 4 nitrogen and oxygen atoms in total. The highest BCUT2D eigenvalue weighted by Crippen LogP contribution is 2.14. The van der Waals surface area contributed by atoms with Gasteiger partial charge in [-0.3, -0.25) is 0 Å². The number of nitrogens with zero attached hydrogens (tertiary/aromatic N) is 1. The van der Waals surface area contributed by atoms with Gasteiger partial charge in [-0.2, -0.15) is 0 Å². The summed E-state index contributed by atoms with van der Waals surface area (Å²) in [5.41, 5.74) is 0.933. The summed E-state index contributed by atoms with van der Waals surface area (Å²) in [5, 5.41) is 12.2. The van der Waals surface area contributed by atoms with E-state index in [1.807, 2.05) is 30.3 Å². The van der Waals surface area contributed by atoms with E-state index in [0.29, 0.717) is 0 Å². The number of amides is 2. The van der Waals surface area contributed by atoms with Crippen LogP contribution in [0, 0.1) is 0 Å². The van der Waals surface area contributed by atoms with Crippen LogP contribution < -0.4 is 5.32 Å². The van der Waals surface area contributed by atoms with Gasteiger partial charge in [-0.25, -0.2) is 4.79 Å². The SMILES string of the molecule is O=C(N[C@@H](CO)c1ccccc1)N1CCCC1. The minimum absolute atomic E-state index is 0.0783. The summed E-state index contributed by atoms with van der Waals surface area (Å²) in [5.74, 6) is 0. The first-order valence-electron chi connectivity index (χ1n) is 6.02. The molecule has 0 radical (unpaired) electrons. The Morgan fingerprint density at radius 2 is 1.94 bits per heavy atom. The maximum atomic E-state index is 11.9. The van der Waals surface area contributed by atoms with Crippen LogP contribution in [-0.2, 0) is 0 Å². The first-order valence-corrected chi connectivity index (χ1v) is 6.02. The van der Waals surface area contributed by atoms with Crippen molar-refractivity contribution in [3.8, 4) is 0 Å². The van der Waals surface area contributed by atoms with E-state index in [-0.39, 0.29) is 18.7 Å². The third-order valence-electron chi connectivity index (χ3n) is 3.08. The van der Waals surface area contributed by atoms with Gasteiger partial charge in [0.25, 0.3) is 0 Å². The van der Waals surface area contributed by atoms with E-state index in [4.69, 9.17) is 0 Å². The zero-order valence-electron chi connectivity index (χ0n) is 9.80. The Kier molecular flexibility index (Phi) is 3.98. The minimum Gasteiger partial charge on any atom is -0.394 e. The first-order chi connectivity index (χ1) is 8.31. The second kappa shape index (κ2) is 5.68. The molecule has 0 spiro atoms. The van der Waals surface area contributed by atoms with Gasteiger partial charge >= 0.3 is 6.03 Å². The lowest BCUT2D eigenvalue weighted by atomic mass is 10.1. The molecule has 2 N–H and O–H groups in total. The van der Waals surface area contributed by atoms with Crippen LogP contribution in [0.15, 0.2) is 30.3 Å². The Hall–Kier alpha value is -1.55. The van der Waals surface area contributed by atoms with Crippen molar-refractivity contribution in [3.05, 3.63) is 35.9 Å². The molecule has 1 aromatic carbocycles. The van der Waals surface area contributed by atoms with E-state index < -0.39 is 0 Å². The van der Waals surface area contributed by atoms with Gasteiger partial charge in [-0.05, 0) is 18.4 Å². The molecule has 0 aliphatic carbocycles. The van der Waals surface area contributed by atoms with Crippen LogP contribution in [0.5, 0.6) is 0 Å². The number of benzene rings is 1. The van der Waals surface area contributed by atoms with Crippen molar-refractivity contribution in [3.63, 3.8) is 0 Å². The Morgan fingerprint density at radius 3 is 2.53 bits per heavy atom. The van der Waals surface area contributed by atoms with E-state index in [9.17, 15) is 9.90 Å². The number of carbonyl (C=O) groups excluding carboxylic acids is 1. The summed E-state index contributed by atoms with van der Waals surface area (Å²) in [6.07, 6.45) is 2.14. The molecular weight excluding hydrogens is 216 g/mol. The maximum Gasteiger partial charge on any atom is 0.317 e. The Bertz CT molecular complexity index is 361. The van der Waals surface area contributed by atoms with Gasteiger partial charge in [-0.15, -0.1) is 0 Å². The molecule has 0 aromatic heterocycles. The molecule has 1 atom stereocenters. The van der Waals surface area contributed by atoms with Gasteiger partial charge in [0.1, 0.15) is 0 Å². The smallest absolute Gasteiger partial charge is 0.317 e. The second-order valence-electron chi connectivity index (χ2n) is 4.29. The largest absolute Gasteiger partial charge is 0.394 e. The van der Waals surface area contributed by atoms with E-state index in [2.05, 4.69) is 5.32 Å². The molecule has 0 bridgehead atoms. The van der Waals surface area contributed by atoms with Crippen LogP contribution in [0.2, 0.25) is 0 Å². The molecule has 1 heterocycles. The highest BCUT2D eigenvalue weighted by molar-refractivity contribution is 5.75. The molecule has 2 amide bonds. The summed E-state index contributed by atoms with van der Waals surface area (Å²) in [7, 11) is 0. The van der Waals surface area contributed by atoms with Gasteiger partial charge in [0.15, 0.2) is 0 Å². The number of hydrogen-bond donors (Lipinski definition) is 2. The van der Waals surface area contributed by atoms with E-state index >= 15 is 0 Å². The topological polar surface area (TPSA) is 52.6 Å². The lowest BCUT2D eigenvalue weighted by molar-refractivity contribution is 0.191. The highest BCUT2D eigenvalue weighted by atomic mass is 16.3. The van der Waals surface area contributed by atoms with Crippen LogP contribution in [0.25, 0.3) is 0 Å². The molecule has 1 fully saturated rings. The normalized spacial score (nSPS) is 16.9. The van der Waals surface area contributed by atoms with Crippen LogP contribution >= 0.6 is 0 Å². The van der Waals surface area contributed by atoms with Crippen LogP contribution in [0.3, 0.4) is 0 Å². The number of rotatable bonds is 3. The average molecular weight is 234 g/mol. The lowest BCUT2D eigenvalue weighted by Gasteiger charge is -2.22. The summed E-state index contributed by atoms with van der Waals surface area (Å²) < 4.78 is 0. The number of hydrogen-bond acceptors (Lipinski definition) is 2. The average Bonchev–Trinajstić information content (AvgIpc) is 2.90. The van der Waals surface area contributed by atoms with Crippen molar-refractivity contribution < 1.29 is 9.90 Å². The molecule has 1 aromatic rings. The summed E-state index contributed by atoms with van der Waals surface area (Å²) in [4.78, 5) is 13.7. The molecule has 92 valence electrons. The van der Waals surface area contributed by atoms with Crippen molar-refractivity contribution in [1.82, 2.24) is 10.2 Å². The van der Waals surface area contributed by atoms with Crippen molar-refractivity contribution in [2.45, 2.75) is 18.9 Å². The Balaban J connectivity index is 1.97. The van der Waals surface area contributed by atoms with E-state index in [0.717, 1.165) is 31.5 Å². The van der Waals surface area contributed by atoms with Crippen molar-refractivity contribution in [1.29, 1.82) is 0 Å². The number of likely N-dealkylation sites (tertiary alicyclic amines) is 1. The number of nitrogens with one attached hydrogen (secondary N) is 1. The van der Waals surface area contributed by atoms with E-state index in [1.54, 1.807) is 4.90 Å². The molecule has 1 aliphatic heterocycles. The van der Waals surface area contributed by atoms with Gasteiger partial charge < -0.3 is 15.3 Å². The molecule has 4 heteroatoms. The Morgan fingerprint density at radius 1 is 1.29 bits per heavy atom. The van der Waals surface area contributed by atoms with Gasteiger partial charge in [0.05, 0.1) is 12.6 Å². The van der Waals surface area contributed by atoms with Crippen molar-refractivity contribution >= 4 is 6.03 Å². The van der Waals surface area contributed by atoms with Crippen molar-refractivity contribution in [2.75, 3.05) is 19.7 Å². The zero-order valence-corrected chi connectivity index (χ0v) is 9.80. The predicted molar refractivity (Wildman–Crippen MR) is 65.6 cm³/mol. The molecule has 1 aliphatic rings. The van der Waals surface area contributed by atoms with Crippen LogP contribution in [0.4, 0.5) is 4.79 Å². The third-order valence-corrected chi connectivity index (χ3v) is 3.08. The molecule has 17 heavy (non-hydrogen) atoms. The number of aliphatic hydroxyl groups is 1. The lowest BCUT2D eigenvalue weighted by Crippen LogP contribution is -2.41. The standard InChI is InChI=1S/C13H18N2O2/c16-10-12(11-6-2-1-3-7-11)14-13(17)15-8-4-5-9-15/h1-3,6-7,12,16H,4-5,8-10H2,(H,14,17)/t12-/m0/s1. The summed E-state index contributed by atoms with van der Waals surface area (Å²) >= 11 is 0. The maximum absolute atomic E-state index is 11.9. The van der Waals surface area contributed by atoms with Crippen LogP contribution in [0.1, 0.15) is 24.4 Å². The van der Waals surface area contributed by atoms with Crippen LogP contribution in [-0.4, -0.2) is 35.7 Å². The summed E-state index contributed by atoms with van der Waals surface area (Å²) in [6.45, 7) is 1.56. The monoisotopic (exact) mass is 234 g/mol. The van der Waals surface area contributed by atoms with Crippen molar-refractivity contribution in [2.24, 2.45) is 0 Å². The molecule has 0 unspecified atom stereocenters. The first kappa shape index (κ1) is 11.9. The molecule has 0 saturated carbocycles. The highest BCUT2D eigenvalue weighted by Gasteiger charge is 2.21. The van der Waals surface area contributed by atoms with Gasteiger partial charge in [-0.1, -0.05) is 30.3 Å².